The average Bonchev–Trinajstić information content (AvgIpc) is 2.73. The third kappa shape index (κ3) is 2.91. The Balaban J connectivity index is 2.15. The SMILES string of the molecule is O=C(O)CCCC(O)c1csc2c(Br)cccc12. The molecule has 2 rings (SSSR count). The summed E-state index contributed by atoms with van der Waals surface area (Å²) in [7, 11) is 0. The Kier molecular flexibility index (Phi) is 4.37. The number of halogens is 1. The van der Waals surface area contributed by atoms with Crippen molar-refractivity contribution in [3.63, 3.8) is 0 Å². The van der Waals surface area contributed by atoms with E-state index in [-0.39, 0.29) is 6.42 Å². The molecule has 0 radical (unpaired) electrons. The zero-order chi connectivity index (χ0) is 13.1. The van der Waals surface area contributed by atoms with Gasteiger partial charge < -0.3 is 10.2 Å². The fraction of sp³-hybridized carbons (Fsp3) is 0.308. The van der Waals surface area contributed by atoms with Gasteiger partial charge in [-0.3, -0.25) is 4.79 Å². The fourth-order valence-electron chi connectivity index (χ4n) is 1.90. The molecule has 1 aromatic carbocycles. The van der Waals surface area contributed by atoms with Crippen molar-refractivity contribution < 1.29 is 15.0 Å². The number of carboxylic acid groups (broad SMARTS) is 1. The topological polar surface area (TPSA) is 57.5 Å². The number of aliphatic hydroxyl groups is 1. The van der Waals surface area contributed by atoms with Gasteiger partial charge in [-0.1, -0.05) is 12.1 Å². The summed E-state index contributed by atoms with van der Waals surface area (Å²) in [4.78, 5) is 10.4. The molecule has 1 atom stereocenters. The first-order valence-corrected chi connectivity index (χ1v) is 7.32. The highest BCUT2D eigenvalue weighted by Crippen LogP contribution is 2.36. The van der Waals surface area contributed by atoms with Crippen LogP contribution in [0, 0.1) is 0 Å². The molecule has 1 heterocycles. The fourth-order valence-corrected chi connectivity index (χ4v) is 3.57. The van der Waals surface area contributed by atoms with Gasteiger partial charge in [-0.25, -0.2) is 0 Å². The van der Waals surface area contributed by atoms with Crippen molar-refractivity contribution in [2.75, 3.05) is 0 Å². The summed E-state index contributed by atoms with van der Waals surface area (Å²) < 4.78 is 2.14. The van der Waals surface area contributed by atoms with Crippen LogP contribution >= 0.6 is 27.3 Å². The van der Waals surface area contributed by atoms with E-state index in [1.807, 2.05) is 23.6 Å². The molecule has 0 bridgehead atoms. The summed E-state index contributed by atoms with van der Waals surface area (Å²) in [5.41, 5.74) is 0.890. The van der Waals surface area contributed by atoms with Crippen molar-refractivity contribution >= 4 is 43.3 Å². The number of carboxylic acids is 1. The molecule has 2 N–H and O–H groups in total. The van der Waals surface area contributed by atoms with E-state index in [1.165, 1.54) is 0 Å². The second-order valence-electron chi connectivity index (χ2n) is 4.11. The van der Waals surface area contributed by atoms with Gasteiger partial charge in [0.15, 0.2) is 0 Å². The number of fused-ring (bicyclic) bond motifs is 1. The van der Waals surface area contributed by atoms with E-state index in [1.54, 1.807) is 11.3 Å². The van der Waals surface area contributed by atoms with E-state index in [2.05, 4.69) is 15.9 Å². The molecule has 1 unspecified atom stereocenters. The molecule has 0 aliphatic carbocycles. The number of rotatable bonds is 5. The van der Waals surface area contributed by atoms with Crippen molar-refractivity contribution in [3.8, 4) is 0 Å². The van der Waals surface area contributed by atoms with Crippen LogP contribution in [0.15, 0.2) is 28.1 Å². The molecule has 1 aromatic heterocycles. The number of benzene rings is 1. The largest absolute Gasteiger partial charge is 0.481 e. The summed E-state index contributed by atoms with van der Waals surface area (Å²) in [6.45, 7) is 0. The molecule has 96 valence electrons. The van der Waals surface area contributed by atoms with Crippen LogP contribution in [-0.4, -0.2) is 16.2 Å². The van der Waals surface area contributed by atoms with Gasteiger partial charge in [0.05, 0.1) is 6.10 Å². The maximum absolute atomic E-state index is 10.4. The van der Waals surface area contributed by atoms with Gasteiger partial charge in [0.2, 0.25) is 0 Å². The summed E-state index contributed by atoms with van der Waals surface area (Å²) in [6, 6.07) is 5.89. The van der Waals surface area contributed by atoms with Gasteiger partial charge in [0.1, 0.15) is 0 Å². The molecule has 0 aliphatic rings. The first kappa shape index (κ1) is 13.5. The molecule has 2 aromatic rings. The van der Waals surface area contributed by atoms with Crippen molar-refractivity contribution in [2.45, 2.75) is 25.4 Å². The Labute approximate surface area is 117 Å². The Morgan fingerprint density at radius 3 is 2.94 bits per heavy atom. The second kappa shape index (κ2) is 5.82. The number of aliphatic carboxylic acids is 1. The minimum absolute atomic E-state index is 0.100. The lowest BCUT2D eigenvalue weighted by molar-refractivity contribution is -0.137. The van der Waals surface area contributed by atoms with Crippen molar-refractivity contribution in [1.29, 1.82) is 0 Å². The minimum Gasteiger partial charge on any atom is -0.481 e. The van der Waals surface area contributed by atoms with E-state index in [0.717, 1.165) is 20.1 Å². The normalized spacial score (nSPS) is 12.8. The molecular formula is C13H13BrO3S. The lowest BCUT2D eigenvalue weighted by atomic mass is 10.0. The van der Waals surface area contributed by atoms with Gasteiger partial charge in [0, 0.05) is 15.6 Å². The quantitative estimate of drug-likeness (QED) is 0.873. The van der Waals surface area contributed by atoms with Crippen LogP contribution in [-0.2, 0) is 4.79 Å². The first-order valence-electron chi connectivity index (χ1n) is 5.65. The predicted octanol–water partition coefficient (Wildman–Crippen LogP) is 3.95. The average molecular weight is 329 g/mol. The number of carbonyl (C=O) groups is 1. The van der Waals surface area contributed by atoms with Crippen molar-refractivity contribution in [1.82, 2.24) is 0 Å². The third-order valence-electron chi connectivity index (χ3n) is 2.81. The van der Waals surface area contributed by atoms with Crippen LogP contribution in [0.3, 0.4) is 0 Å². The number of hydrogen-bond acceptors (Lipinski definition) is 3. The Hall–Kier alpha value is -0.910. The van der Waals surface area contributed by atoms with Gasteiger partial charge >= 0.3 is 5.97 Å². The van der Waals surface area contributed by atoms with E-state index in [9.17, 15) is 9.90 Å². The van der Waals surface area contributed by atoms with Crippen molar-refractivity contribution in [3.05, 3.63) is 33.6 Å². The molecular weight excluding hydrogens is 316 g/mol. The van der Waals surface area contributed by atoms with Crippen LogP contribution in [0.1, 0.15) is 30.9 Å². The van der Waals surface area contributed by atoms with E-state index in [4.69, 9.17) is 5.11 Å². The van der Waals surface area contributed by atoms with Crippen LogP contribution in [0.5, 0.6) is 0 Å². The zero-order valence-electron chi connectivity index (χ0n) is 9.60. The summed E-state index contributed by atoms with van der Waals surface area (Å²) >= 11 is 5.07. The lowest BCUT2D eigenvalue weighted by Gasteiger charge is -2.09. The van der Waals surface area contributed by atoms with Gasteiger partial charge in [-0.05, 0) is 51.2 Å². The van der Waals surface area contributed by atoms with Gasteiger partial charge in [0.25, 0.3) is 0 Å². The molecule has 0 fully saturated rings. The lowest BCUT2D eigenvalue weighted by Crippen LogP contribution is -1.99. The highest BCUT2D eigenvalue weighted by molar-refractivity contribution is 9.10. The van der Waals surface area contributed by atoms with E-state index < -0.39 is 12.1 Å². The highest BCUT2D eigenvalue weighted by Gasteiger charge is 2.14. The van der Waals surface area contributed by atoms with Crippen LogP contribution in [0.25, 0.3) is 10.1 Å². The third-order valence-corrected chi connectivity index (χ3v) is 4.78. The highest BCUT2D eigenvalue weighted by atomic mass is 79.9. The predicted molar refractivity (Wildman–Crippen MR) is 76.0 cm³/mol. The van der Waals surface area contributed by atoms with E-state index >= 15 is 0 Å². The van der Waals surface area contributed by atoms with Gasteiger partial charge in [-0.2, -0.15) is 0 Å². The zero-order valence-corrected chi connectivity index (χ0v) is 12.0. The summed E-state index contributed by atoms with van der Waals surface area (Å²) in [5, 5.41) is 21.7. The monoisotopic (exact) mass is 328 g/mol. The maximum atomic E-state index is 10.4. The van der Waals surface area contributed by atoms with Crippen LogP contribution < -0.4 is 0 Å². The van der Waals surface area contributed by atoms with Crippen LogP contribution in [0.4, 0.5) is 0 Å². The van der Waals surface area contributed by atoms with E-state index in [0.29, 0.717) is 12.8 Å². The number of hydrogen-bond donors (Lipinski definition) is 2. The van der Waals surface area contributed by atoms with Crippen molar-refractivity contribution in [2.24, 2.45) is 0 Å². The first-order chi connectivity index (χ1) is 8.59. The summed E-state index contributed by atoms with van der Waals surface area (Å²) in [6.07, 6.45) is 0.474. The maximum Gasteiger partial charge on any atom is 0.303 e. The molecule has 0 amide bonds. The standard InChI is InChI=1S/C13H13BrO3S/c14-10-4-1-3-8-9(7-18-13(8)10)11(15)5-2-6-12(16)17/h1,3-4,7,11,15H,2,5-6H2,(H,16,17). The van der Waals surface area contributed by atoms with Gasteiger partial charge in [-0.15, -0.1) is 11.3 Å². The molecule has 0 aliphatic heterocycles. The summed E-state index contributed by atoms with van der Waals surface area (Å²) in [5.74, 6) is -0.819. The number of thiophene rings is 1. The molecule has 0 saturated heterocycles. The number of aliphatic hydroxyl groups excluding tert-OH is 1. The molecule has 5 heteroatoms. The molecule has 3 nitrogen and oxygen atoms in total. The minimum atomic E-state index is -0.819. The smallest absolute Gasteiger partial charge is 0.303 e. The molecule has 18 heavy (non-hydrogen) atoms. The second-order valence-corrected chi connectivity index (χ2v) is 5.84. The van der Waals surface area contributed by atoms with Crippen LogP contribution in [0.2, 0.25) is 0 Å². The Bertz CT molecular complexity index is 564. The Morgan fingerprint density at radius 1 is 1.44 bits per heavy atom. The molecule has 0 spiro atoms. The molecule has 0 saturated carbocycles. The Morgan fingerprint density at radius 2 is 2.22 bits per heavy atom.